The first-order chi connectivity index (χ1) is 20.4. The SMILES string of the molecule is COc1cc(N2CCC(N3CC(O)(O)N(C)C(O)(O)C3)CC2)ccc1Nc1ncc(Cl)c(Nc2ccccc2P(C)C)n1. The van der Waals surface area contributed by atoms with Crippen LogP contribution in [0.15, 0.2) is 48.7 Å². The first-order valence-corrected chi connectivity index (χ1v) is 16.6. The standard InChI is InChI=1S/C29H39ClN7O5P/c1-35-28(38,39)17-37(18-29(35,40)41)19-11-13-36(14-12-19)20-9-10-22(24(15-20)42-2)33-27-31-16-21(30)26(34-27)32-23-7-5-6-8-25(23)43(3)4/h5-10,15-16,19,38-41H,11-14,17-18H2,1-4H3,(H2,31,32,33,34). The third-order valence-electron chi connectivity index (χ3n) is 8.07. The van der Waals surface area contributed by atoms with Crippen molar-refractivity contribution in [3.05, 3.63) is 53.7 Å². The second-order valence-electron chi connectivity index (χ2n) is 11.2. The maximum atomic E-state index is 10.3. The van der Waals surface area contributed by atoms with E-state index < -0.39 is 11.8 Å². The van der Waals surface area contributed by atoms with E-state index in [0.29, 0.717) is 54.2 Å². The highest BCUT2D eigenvalue weighted by Gasteiger charge is 2.51. The molecule has 0 atom stereocenters. The summed E-state index contributed by atoms with van der Waals surface area (Å²) in [6.07, 6.45) is 2.99. The van der Waals surface area contributed by atoms with Crippen LogP contribution in [0.25, 0.3) is 0 Å². The third kappa shape index (κ3) is 6.97. The van der Waals surface area contributed by atoms with Gasteiger partial charge < -0.3 is 40.7 Å². The Labute approximate surface area is 257 Å². The van der Waals surface area contributed by atoms with E-state index in [4.69, 9.17) is 16.3 Å². The Bertz CT molecular complexity index is 1420. The van der Waals surface area contributed by atoms with E-state index in [9.17, 15) is 20.4 Å². The largest absolute Gasteiger partial charge is 0.494 e. The van der Waals surface area contributed by atoms with E-state index in [1.807, 2.05) is 36.4 Å². The summed E-state index contributed by atoms with van der Waals surface area (Å²) in [5.41, 5.74) is 2.63. The van der Waals surface area contributed by atoms with Crippen molar-refractivity contribution in [3.8, 4) is 5.75 Å². The maximum absolute atomic E-state index is 10.3. The van der Waals surface area contributed by atoms with Crippen molar-refractivity contribution >= 4 is 53.7 Å². The Morgan fingerprint density at radius 3 is 2.30 bits per heavy atom. The van der Waals surface area contributed by atoms with Crippen molar-refractivity contribution in [1.82, 2.24) is 19.8 Å². The lowest BCUT2D eigenvalue weighted by Crippen LogP contribution is -2.73. The number of piperidine rings is 1. The Kier molecular flexibility index (Phi) is 9.31. The fourth-order valence-electron chi connectivity index (χ4n) is 5.56. The smallest absolute Gasteiger partial charge is 0.242 e. The van der Waals surface area contributed by atoms with Crippen molar-refractivity contribution in [3.63, 3.8) is 0 Å². The number of benzene rings is 2. The highest BCUT2D eigenvalue weighted by atomic mass is 35.5. The molecule has 43 heavy (non-hydrogen) atoms. The Balaban J connectivity index is 1.26. The molecule has 0 saturated carbocycles. The molecule has 0 spiro atoms. The van der Waals surface area contributed by atoms with E-state index in [1.165, 1.54) is 12.4 Å². The van der Waals surface area contributed by atoms with Crippen LogP contribution in [0.4, 0.5) is 28.8 Å². The van der Waals surface area contributed by atoms with Crippen molar-refractivity contribution in [2.24, 2.45) is 0 Å². The van der Waals surface area contributed by atoms with Crippen LogP contribution in [0.2, 0.25) is 5.02 Å². The van der Waals surface area contributed by atoms with Gasteiger partial charge in [-0.2, -0.15) is 4.98 Å². The molecule has 2 aromatic carbocycles. The van der Waals surface area contributed by atoms with Gasteiger partial charge in [0.15, 0.2) is 5.82 Å². The first kappa shape index (κ1) is 31.6. The molecule has 0 aliphatic carbocycles. The molecule has 2 aliphatic heterocycles. The van der Waals surface area contributed by atoms with Crippen molar-refractivity contribution in [2.75, 3.05) is 69.2 Å². The van der Waals surface area contributed by atoms with Gasteiger partial charge in [-0.3, -0.25) is 4.90 Å². The number of hydrogen-bond acceptors (Lipinski definition) is 12. The maximum Gasteiger partial charge on any atom is 0.242 e. The van der Waals surface area contributed by atoms with Gasteiger partial charge in [0.1, 0.15) is 10.8 Å². The number of nitrogens with one attached hydrogen (secondary N) is 2. The number of anilines is 5. The molecule has 6 N–H and O–H groups in total. The summed E-state index contributed by atoms with van der Waals surface area (Å²) >= 11 is 6.45. The van der Waals surface area contributed by atoms with Crippen LogP contribution in [-0.2, 0) is 0 Å². The molecule has 2 aliphatic rings. The summed E-state index contributed by atoms with van der Waals surface area (Å²) in [5.74, 6) is -3.18. The molecule has 1 aromatic heterocycles. The van der Waals surface area contributed by atoms with E-state index in [2.05, 4.69) is 44.9 Å². The van der Waals surface area contributed by atoms with Crippen LogP contribution >= 0.6 is 19.5 Å². The van der Waals surface area contributed by atoms with Crippen LogP contribution in [0, 0.1) is 0 Å². The quantitative estimate of drug-likeness (QED) is 0.160. The highest BCUT2D eigenvalue weighted by Crippen LogP contribution is 2.35. The number of aromatic nitrogens is 2. The summed E-state index contributed by atoms with van der Waals surface area (Å²) in [4.78, 5) is 13.7. The zero-order valence-corrected chi connectivity index (χ0v) is 26.3. The molecule has 0 unspecified atom stereocenters. The molecule has 0 radical (unpaired) electrons. The molecule has 2 fully saturated rings. The first-order valence-electron chi connectivity index (χ1n) is 14.0. The predicted octanol–water partition coefficient (Wildman–Crippen LogP) is 2.49. The fourth-order valence-corrected chi connectivity index (χ4v) is 6.69. The van der Waals surface area contributed by atoms with Crippen LogP contribution in [0.5, 0.6) is 5.75 Å². The number of hydrogen-bond donors (Lipinski definition) is 6. The number of nitrogens with zero attached hydrogens (tertiary/aromatic N) is 5. The Morgan fingerprint density at radius 1 is 0.977 bits per heavy atom. The fraction of sp³-hybridized carbons (Fsp3) is 0.448. The van der Waals surface area contributed by atoms with Crippen LogP contribution < -0.4 is 25.6 Å². The molecular weight excluding hydrogens is 593 g/mol. The van der Waals surface area contributed by atoms with Crippen molar-refractivity contribution in [1.29, 1.82) is 0 Å². The summed E-state index contributed by atoms with van der Waals surface area (Å²) in [7, 11) is 2.55. The van der Waals surface area contributed by atoms with Crippen molar-refractivity contribution < 1.29 is 25.2 Å². The zero-order chi connectivity index (χ0) is 30.9. The minimum Gasteiger partial charge on any atom is -0.494 e. The van der Waals surface area contributed by atoms with Gasteiger partial charge in [0.2, 0.25) is 17.8 Å². The molecular formula is C29H39ClN7O5P. The molecule has 2 saturated heterocycles. The third-order valence-corrected chi connectivity index (χ3v) is 9.70. The van der Waals surface area contributed by atoms with Crippen LogP contribution in [0.3, 0.4) is 0 Å². The molecule has 5 rings (SSSR count). The second kappa shape index (κ2) is 12.7. The molecule has 0 bridgehead atoms. The number of likely N-dealkylation sites (N-methyl/N-ethyl adjacent to an activating group) is 1. The van der Waals surface area contributed by atoms with Gasteiger partial charge >= 0.3 is 0 Å². The Hall–Kier alpha value is -2.80. The molecule has 14 heteroatoms. The van der Waals surface area contributed by atoms with Crippen LogP contribution in [-0.4, -0.2) is 112 Å². The molecule has 232 valence electrons. The van der Waals surface area contributed by atoms with Gasteiger partial charge in [-0.25, -0.2) is 9.88 Å². The molecule has 0 amide bonds. The number of β-amino-alcohol motifs (C(OH)–C–C–N with tert-alkyl or cyclic N) is 4. The number of halogens is 1. The normalized spacial score (nSPS) is 19.4. The minimum absolute atomic E-state index is 0.0245. The lowest BCUT2D eigenvalue weighted by Gasteiger charge is -2.52. The second-order valence-corrected chi connectivity index (χ2v) is 13.8. The zero-order valence-electron chi connectivity index (χ0n) is 24.7. The van der Waals surface area contributed by atoms with E-state index in [1.54, 1.807) is 18.2 Å². The number of para-hydroxylation sites is 1. The minimum atomic E-state index is -2.33. The lowest BCUT2D eigenvalue weighted by molar-refractivity contribution is -0.408. The predicted molar refractivity (Wildman–Crippen MR) is 170 cm³/mol. The average molecular weight is 632 g/mol. The summed E-state index contributed by atoms with van der Waals surface area (Å²) in [6.45, 7) is 5.61. The summed E-state index contributed by atoms with van der Waals surface area (Å²) in [5, 5.41) is 49.4. The highest BCUT2D eigenvalue weighted by molar-refractivity contribution is 7.64. The lowest BCUT2D eigenvalue weighted by atomic mass is 10.00. The van der Waals surface area contributed by atoms with Gasteiger partial charge in [0.05, 0.1) is 32.1 Å². The van der Waals surface area contributed by atoms with E-state index >= 15 is 0 Å². The topological polar surface area (TPSA) is 150 Å². The van der Waals surface area contributed by atoms with E-state index in [0.717, 1.165) is 16.3 Å². The monoisotopic (exact) mass is 631 g/mol. The number of rotatable bonds is 8. The molecule has 12 nitrogen and oxygen atoms in total. The molecule has 3 aromatic rings. The van der Waals surface area contributed by atoms with Gasteiger partial charge in [-0.1, -0.05) is 37.7 Å². The number of ether oxygens (including phenoxy) is 1. The van der Waals surface area contributed by atoms with Crippen LogP contribution in [0.1, 0.15) is 12.8 Å². The summed E-state index contributed by atoms with van der Waals surface area (Å²) in [6, 6.07) is 14.0. The van der Waals surface area contributed by atoms with Gasteiger partial charge in [0.25, 0.3) is 0 Å². The van der Waals surface area contributed by atoms with E-state index in [-0.39, 0.29) is 27.1 Å². The number of aliphatic hydroxyl groups is 4. The number of piperazine rings is 1. The van der Waals surface area contributed by atoms with Gasteiger partial charge in [-0.15, -0.1) is 0 Å². The summed E-state index contributed by atoms with van der Waals surface area (Å²) < 4.78 is 5.70. The number of methoxy groups -OCH3 is 1. The van der Waals surface area contributed by atoms with Gasteiger partial charge in [-0.05, 0) is 56.7 Å². The van der Waals surface area contributed by atoms with Gasteiger partial charge in [0, 0.05) is 36.6 Å². The molecule has 3 heterocycles. The van der Waals surface area contributed by atoms with Crippen molar-refractivity contribution in [2.45, 2.75) is 30.7 Å². The average Bonchev–Trinajstić information content (AvgIpc) is 2.97. The Morgan fingerprint density at radius 2 is 1.65 bits per heavy atom.